The van der Waals surface area contributed by atoms with Gasteiger partial charge in [0.25, 0.3) is 0 Å². The van der Waals surface area contributed by atoms with Crippen LogP contribution in [0, 0.1) is 0 Å². The highest BCUT2D eigenvalue weighted by Gasteiger charge is 2.12. The van der Waals surface area contributed by atoms with Crippen molar-refractivity contribution in [1.82, 2.24) is 4.90 Å². The van der Waals surface area contributed by atoms with Gasteiger partial charge in [-0.25, -0.2) is 4.79 Å². The van der Waals surface area contributed by atoms with E-state index >= 15 is 0 Å². The fourth-order valence-electron chi connectivity index (χ4n) is 1.74. The molecule has 0 unspecified atom stereocenters. The van der Waals surface area contributed by atoms with Gasteiger partial charge < -0.3 is 14.9 Å². The number of hydrogen-bond acceptors (Lipinski definition) is 4. The molecule has 1 aromatic carbocycles. The molecule has 0 saturated heterocycles. The fraction of sp³-hybridized carbons (Fsp3) is 0.462. The van der Waals surface area contributed by atoms with Crippen LogP contribution in [0.3, 0.4) is 0 Å². The van der Waals surface area contributed by atoms with Crippen molar-refractivity contribution in [3.63, 3.8) is 0 Å². The molecule has 0 heterocycles. The molecule has 0 amide bonds. The number of carbonyl (C=O) groups is 1. The molecule has 0 radical (unpaired) electrons. The molecule has 0 saturated carbocycles. The highest BCUT2D eigenvalue weighted by atomic mass is 16.5. The first kappa shape index (κ1) is 14.6. The average molecular weight is 253 g/mol. The van der Waals surface area contributed by atoms with Crippen LogP contribution in [0.2, 0.25) is 0 Å². The second-order valence-corrected chi connectivity index (χ2v) is 3.95. The zero-order valence-electron chi connectivity index (χ0n) is 10.5. The minimum atomic E-state index is -0.929. The van der Waals surface area contributed by atoms with E-state index in [2.05, 4.69) is 0 Å². The summed E-state index contributed by atoms with van der Waals surface area (Å²) in [7, 11) is 1.61. The van der Waals surface area contributed by atoms with Gasteiger partial charge in [0.15, 0.2) is 0 Å². The molecule has 18 heavy (non-hydrogen) atoms. The molecule has 2 N–H and O–H groups in total. The molecule has 0 aliphatic heterocycles. The van der Waals surface area contributed by atoms with Crippen molar-refractivity contribution in [2.24, 2.45) is 0 Å². The monoisotopic (exact) mass is 253 g/mol. The van der Waals surface area contributed by atoms with Crippen molar-refractivity contribution in [3.8, 4) is 0 Å². The summed E-state index contributed by atoms with van der Waals surface area (Å²) in [6, 6.07) is 6.90. The molecule has 5 heteroatoms. The van der Waals surface area contributed by atoms with Gasteiger partial charge in [-0.1, -0.05) is 18.2 Å². The number of nitrogens with zero attached hydrogens (tertiary/aromatic N) is 1. The van der Waals surface area contributed by atoms with E-state index < -0.39 is 5.97 Å². The van der Waals surface area contributed by atoms with Gasteiger partial charge in [0.2, 0.25) is 0 Å². The number of hydrogen-bond donors (Lipinski definition) is 2. The Balaban J connectivity index is 2.76. The Kier molecular flexibility index (Phi) is 6.35. The molecule has 0 fully saturated rings. The molecule has 1 rings (SSSR count). The maximum atomic E-state index is 11.1. The van der Waals surface area contributed by atoms with E-state index in [1.165, 1.54) is 0 Å². The van der Waals surface area contributed by atoms with Crippen LogP contribution in [-0.4, -0.2) is 54.5 Å². The second-order valence-electron chi connectivity index (χ2n) is 3.95. The summed E-state index contributed by atoms with van der Waals surface area (Å²) in [4.78, 5) is 13.0. The first-order valence-electron chi connectivity index (χ1n) is 5.82. The van der Waals surface area contributed by atoms with Gasteiger partial charge in [0.1, 0.15) is 0 Å². The van der Waals surface area contributed by atoms with Crippen LogP contribution >= 0.6 is 0 Å². The normalized spacial score (nSPS) is 10.8. The van der Waals surface area contributed by atoms with Crippen LogP contribution in [0.15, 0.2) is 24.3 Å². The molecular formula is C13H19NO4. The third kappa shape index (κ3) is 4.44. The smallest absolute Gasteiger partial charge is 0.336 e. The van der Waals surface area contributed by atoms with Crippen molar-refractivity contribution in [2.75, 3.05) is 33.4 Å². The topological polar surface area (TPSA) is 70.0 Å². The standard InChI is InChI=1S/C13H19NO4/c1-18-9-7-14(6-8-15)10-11-4-2-3-5-12(11)13(16)17/h2-5,15H,6-10H2,1H3,(H,16,17). The summed E-state index contributed by atoms with van der Waals surface area (Å²) in [5.74, 6) is -0.929. The third-order valence-corrected chi connectivity index (χ3v) is 2.67. The average Bonchev–Trinajstić information content (AvgIpc) is 2.36. The van der Waals surface area contributed by atoms with Crippen LogP contribution in [0.1, 0.15) is 15.9 Å². The summed E-state index contributed by atoms with van der Waals surface area (Å²) in [6.07, 6.45) is 0. The molecule has 5 nitrogen and oxygen atoms in total. The van der Waals surface area contributed by atoms with Crippen molar-refractivity contribution in [3.05, 3.63) is 35.4 Å². The summed E-state index contributed by atoms with van der Waals surface area (Å²) in [5, 5.41) is 18.1. The maximum absolute atomic E-state index is 11.1. The quantitative estimate of drug-likeness (QED) is 0.718. The second kappa shape index (κ2) is 7.81. The lowest BCUT2D eigenvalue weighted by atomic mass is 10.1. The third-order valence-electron chi connectivity index (χ3n) is 2.67. The molecule has 0 atom stereocenters. The van der Waals surface area contributed by atoms with Crippen LogP contribution < -0.4 is 0 Å². The zero-order valence-corrected chi connectivity index (χ0v) is 10.5. The number of aromatic carboxylic acids is 1. The molecule has 0 aliphatic carbocycles. The molecule has 1 aromatic rings. The zero-order chi connectivity index (χ0) is 13.4. The lowest BCUT2D eigenvalue weighted by Gasteiger charge is -2.21. The van der Waals surface area contributed by atoms with E-state index in [0.29, 0.717) is 31.8 Å². The van der Waals surface area contributed by atoms with Gasteiger partial charge in [-0.2, -0.15) is 0 Å². The van der Waals surface area contributed by atoms with E-state index in [1.54, 1.807) is 25.3 Å². The van der Waals surface area contributed by atoms with Crippen molar-refractivity contribution >= 4 is 5.97 Å². The van der Waals surface area contributed by atoms with E-state index in [4.69, 9.17) is 14.9 Å². The SMILES string of the molecule is COCCN(CCO)Cc1ccccc1C(=O)O. The molecule has 100 valence electrons. The minimum absolute atomic E-state index is 0.0406. The van der Waals surface area contributed by atoms with Crippen LogP contribution in [0.5, 0.6) is 0 Å². The Morgan fingerprint density at radius 3 is 2.67 bits per heavy atom. The molecule has 0 bridgehead atoms. The number of rotatable bonds is 8. The van der Waals surface area contributed by atoms with Crippen molar-refractivity contribution in [2.45, 2.75) is 6.54 Å². The Bertz CT molecular complexity index is 381. The van der Waals surface area contributed by atoms with Crippen molar-refractivity contribution < 1.29 is 19.7 Å². The van der Waals surface area contributed by atoms with E-state index in [9.17, 15) is 4.79 Å². The van der Waals surface area contributed by atoms with Gasteiger partial charge in [0.05, 0.1) is 18.8 Å². The Labute approximate surface area is 107 Å². The first-order valence-corrected chi connectivity index (χ1v) is 5.82. The van der Waals surface area contributed by atoms with Gasteiger partial charge >= 0.3 is 5.97 Å². The summed E-state index contributed by atoms with van der Waals surface area (Å²) in [6.45, 7) is 2.24. The summed E-state index contributed by atoms with van der Waals surface area (Å²) < 4.78 is 4.99. The van der Waals surface area contributed by atoms with Crippen LogP contribution in [0.25, 0.3) is 0 Å². The number of benzene rings is 1. The summed E-state index contributed by atoms with van der Waals surface area (Å²) >= 11 is 0. The predicted octanol–water partition coefficient (Wildman–Crippen LogP) is 0.826. The first-order chi connectivity index (χ1) is 8.69. The highest BCUT2D eigenvalue weighted by molar-refractivity contribution is 5.89. The maximum Gasteiger partial charge on any atom is 0.336 e. The lowest BCUT2D eigenvalue weighted by Crippen LogP contribution is -2.30. The molecule has 0 aliphatic rings. The lowest BCUT2D eigenvalue weighted by molar-refractivity contribution is 0.0693. The van der Waals surface area contributed by atoms with Crippen molar-refractivity contribution in [1.29, 1.82) is 0 Å². The van der Waals surface area contributed by atoms with Crippen LogP contribution in [0.4, 0.5) is 0 Å². The number of carboxylic acids is 1. The number of carboxylic acid groups (broad SMARTS) is 1. The number of methoxy groups -OCH3 is 1. The highest BCUT2D eigenvalue weighted by Crippen LogP contribution is 2.11. The van der Waals surface area contributed by atoms with Crippen LogP contribution in [-0.2, 0) is 11.3 Å². The Hall–Kier alpha value is -1.43. The van der Waals surface area contributed by atoms with Gasteiger partial charge in [-0.3, -0.25) is 4.90 Å². The van der Waals surface area contributed by atoms with Gasteiger partial charge in [-0.15, -0.1) is 0 Å². The Morgan fingerprint density at radius 1 is 1.33 bits per heavy atom. The van der Waals surface area contributed by atoms with E-state index in [0.717, 1.165) is 5.56 Å². The Morgan fingerprint density at radius 2 is 2.06 bits per heavy atom. The van der Waals surface area contributed by atoms with Gasteiger partial charge in [-0.05, 0) is 11.6 Å². The predicted molar refractivity (Wildman–Crippen MR) is 67.6 cm³/mol. The molecular weight excluding hydrogens is 234 g/mol. The largest absolute Gasteiger partial charge is 0.478 e. The minimum Gasteiger partial charge on any atom is -0.478 e. The fourth-order valence-corrected chi connectivity index (χ4v) is 1.74. The van der Waals surface area contributed by atoms with Gasteiger partial charge in [0, 0.05) is 26.7 Å². The molecule has 0 aromatic heterocycles. The van der Waals surface area contributed by atoms with E-state index in [1.807, 2.05) is 11.0 Å². The number of aliphatic hydroxyl groups excluding tert-OH is 1. The number of aliphatic hydroxyl groups is 1. The van der Waals surface area contributed by atoms with E-state index in [-0.39, 0.29) is 6.61 Å². The number of ether oxygens (including phenoxy) is 1. The summed E-state index contributed by atoms with van der Waals surface area (Å²) in [5.41, 5.74) is 1.05. The molecule has 0 spiro atoms.